The Balaban J connectivity index is 2.94. The van der Waals surface area contributed by atoms with Crippen molar-refractivity contribution in [1.29, 1.82) is 0 Å². The molecule has 0 heterocycles. The van der Waals surface area contributed by atoms with Gasteiger partial charge < -0.3 is 0 Å². The van der Waals surface area contributed by atoms with Gasteiger partial charge in [0.2, 0.25) is 0 Å². The predicted octanol–water partition coefficient (Wildman–Crippen LogP) is 4.88. The molecule has 0 amide bonds. The average molecular weight is 256 g/mol. The molecule has 0 saturated heterocycles. The smallest absolute Gasteiger partial charge is 0.0128 e. The number of nitrogens with two attached hydrogens (primary N) is 1. The van der Waals surface area contributed by atoms with Gasteiger partial charge in [0.05, 0.1) is 0 Å². The van der Waals surface area contributed by atoms with Crippen LogP contribution >= 0.6 is 0 Å². The lowest BCUT2D eigenvalue weighted by Crippen LogP contribution is -2.31. The molecule has 0 unspecified atom stereocenters. The summed E-state index contributed by atoms with van der Waals surface area (Å²) in [6.07, 6.45) is 16.9. The van der Waals surface area contributed by atoms with Gasteiger partial charge in [-0.05, 0) is 6.42 Å². The predicted molar refractivity (Wildman–Crippen MR) is 82.5 cm³/mol. The Hall–Kier alpha value is -0.0800. The fraction of sp³-hybridized carbons (Fsp3) is 1.00. The van der Waals surface area contributed by atoms with Crippen molar-refractivity contribution < 1.29 is 0 Å². The van der Waals surface area contributed by atoms with Crippen LogP contribution in [0.5, 0.6) is 0 Å². The summed E-state index contributed by atoms with van der Waals surface area (Å²) in [5.74, 6) is 5.74. The maximum absolute atomic E-state index is 5.74. The minimum absolute atomic E-state index is 0.970. The van der Waals surface area contributed by atoms with Crippen molar-refractivity contribution in [3.63, 3.8) is 0 Å². The maximum Gasteiger partial charge on any atom is 0.0128 e. The lowest BCUT2D eigenvalue weighted by Gasteiger charge is -2.12. The van der Waals surface area contributed by atoms with Gasteiger partial charge in [-0.3, -0.25) is 5.84 Å². The van der Waals surface area contributed by atoms with E-state index in [4.69, 9.17) is 5.84 Å². The largest absolute Gasteiger partial charge is 0.269 e. The van der Waals surface area contributed by atoms with E-state index in [1.807, 2.05) is 5.01 Å². The number of rotatable bonds is 14. The number of hydrogen-bond acceptors (Lipinski definition) is 2. The van der Waals surface area contributed by atoms with Crippen LogP contribution < -0.4 is 5.84 Å². The van der Waals surface area contributed by atoms with Gasteiger partial charge in [0, 0.05) is 13.1 Å². The van der Waals surface area contributed by atoms with E-state index in [1.54, 1.807) is 0 Å². The molecule has 0 aromatic carbocycles. The van der Waals surface area contributed by atoms with Crippen LogP contribution in [-0.4, -0.2) is 18.1 Å². The lowest BCUT2D eigenvalue weighted by molar-refractivity contribution is 0.290. The SMILES string of the molecule is CCCCCCCCCCCCCCN(N)CC. The second-order valence-corrected chi connectivity index (χ2v) is 5.52. The summed E-state index contributed by atoms with van der Waals surface area (Å²) in [4.78, 5) is 0. The zero-order valence-corrected chi connectivity index (χ0v) is 12.9. The highest BCUT2D eigenvalue weighted by atomic mass is 15.4. The van der Waals surface area contributed by atoms with Gasteiger partial charge in [0.1, 0.15) is 0 Å². The highest BCUT2D eigenvalue weighted by Crippen LogP contribution is 2.11. The third-order valence-electron chi connectivity index (χ3n) is 3.71. The molecule has 0 bridgehead atoms. The van der Waals surface area contributed by atoms with Crippen LogP contribution in [0.15, 0.2) is 0 Å². The lowest BCUT2D eigenvalue weighted by atomic mass is 10.1. The van der Waals surface area contributed by atoms with E-state index in [2.05, 4.69) is 13.8 Å². The molecule has 0 rings (SSSR count). The van der Waals surface area contributed by atoms with E-state index in [0.29, 0.717) is 0 Å². The van der Waals surface area contributed by atoms with Gasteiger partial charge in [-0.25, -0.2) is 5.01 Å². The molecule has 2 N–H and O–H groups in total. The minimum atomic E-state index is 0.970. The molecular formula is C16H36N2. The zero-order chi connectivity index (χ0) is 13.5. The quantitative estimate of drug-likeness (QED) is 0.272. The topological polar surface area (TPSA) is 29.3 Å². The highest BCUT2D eigenvalue weighted by molar-refractivity contribution is 4.50. The van der Waals surface area contributed by atoms with Crippen molar-refractivity contribution in [1.82, 2.24) is 5.01 Å². The number of hydrogen-bond donors (Lipinski definition) is 1. The monoisotopic (exact) mass is 256 g/mol. The summed E-state index contributed by atoms with van der Waals surface area (Å²) < 4.78 is 0. The molecule has 0 fully saturated rings. The van der Waals surface area contributed by atoms with Crippen molar-refractivity contribution in [2.24, 2.45) is 5.84 Å². The molecule has 0 aliphatic carbocycles. The molecule has 110 valence electrons. The van der Waals surface area contributed by atoms with E-state index in [9.17, 15) is 0 Å². The number of nitrogens with zero attached hydrogens (tertiary/aromatic N) is 1. The molecule has 18 heavy (non-hydrogen) atoms. The van der Waals surface area contributed by atoms with Crippen LogP contribution in [0.25, 0.3) is 0 Å². The first kappa shape index (κ1) is 17.9. The maximum atomic E-state index is 5.74. The normalized spacial score (nSPS) is 11.3. The van der Waals surface area contributed by atoms with Crippen LogP contribution in [0, 0.1) is 0 Å². The van der Waals surface area contributed by atoms with Crippen molar-refractivity contribution in [3.8, 4) is 0 Å². The Morgan fingerprint density at radius 2 is 1.00 bits per heavy atom. The van der Waals surface area contributed by atoms with Crippen LogP contribution in [-0.2, 0) is 0 Å². The summed E-state index contributed by atoms with van der Waals surface area (Å²) in [5, 5.41) is 1.91. The first-order chi connectivity index (χ1) is 8.81. The summed E-state index contributed by atoms with van der Waals surface area (Å²) >= 11 is 0. The van der Waals surface area contributed by atoms with Gasteiger partial charge in [0.25, 0.3) is 0 Å². The second-order valence-electron chi connectivity index (χ2n) is 5.52. The Morgan fingerprint density at radius 1 is 0.611 bits per heavy atom. The fourth-order valence-corrected chi connectivity index (χ4v) is 2.31. The van der Waals surface area contributed by atoms with E-state index >= 15 is 0 Å². The summed E-state index contributed by atoms with van der Waals surface area (Å²) in [7, 11) is 0. The van der Waals surface area contributed by atoms with Crippen LogP contribution in [0.2, 0.25) is 0 Å². The molecule has 0 saturated carbocycles. The third-order valence-corrected chi connectivity index (χ3v) is 3.71. The van der Waals surface area contributed by atoms with Gasteiger partial charge >= 0.3 is 0 Å². The van der Waals surface area contributed by atoms with E-state index < -0.39 is 0 Å². The Morgan fingerprint density at radius 3 is 1.39 bits per heavy atom. The summed E-state index contributed by atoms with van der Waals surface area (Å²) in [6, 6.07) is 0. The summed E-state index contributed by atoms with van der Waals surface area (Å²) in [5.41, 5.74) is 0. The van der Waals surface area contributed by atoms with Crippen molar-refractivity contribution in [2.75, 3.05) is 13.1 Å². The number of hydrazine groups is 1. The zero-order valence-electron chi connectivity index (χ0n) is 12.9. The standard InChI is InChI=1S/C16H36N2/c1-3-5-6-7-8-9-10-11-12-13-14-15-16-18(17)4-2/h3-17H2,1-2H3. The molecule has 0 spiro atoms. The molecule has 0 atom stereocenters. The minimum Gasteiger partial charge on any atom is -0.269 e. The Labute approximate surface area is 115 Å². The van der Waals surface area contributed by atoms with E-state index in [0.717, 1.165) is 13.1 Å². The summed E-state index contributed by atoms with van der Waals surface area (Å²) in [6.45, 7) is 6.43. The molecule has 0 radical (unpaired) electrons. The molecule has 2 nitrogen and oxygen atoms in total. The molecular weight excluding hydrogens is 220 g/mol. The van der Waals surface area contributed by atoms with Crippen LogP contribution in [0.4, 0.5) is 0 Å². The van der Waals surface area contributed by atoms with Gasteiger partial charge in [0.15, 0.2) is 0 Å². The van der Waals surface area contributed by atoms with Crippen molar-refractivity contribution in [3.05, 3.63) is 0 Å². The first-order valence-corrected chi connectivity index (χ1v) is 8.30. The Bertz CT molecular complexity index is 148. The van der Waals surface area contributed by atoms with Gasteiger partial charge in [-0.2, -0.15) is 0 Å². The highest BCUT2D eigenvalue weighted by Gasteiger charge is 1.95. The molecule has 0 aromatic rings. The molecule has 0 aromatic heterocycles. The third kappa shape index (κ3) is 14.0. The van der Waals surface area contributed by atoms with Crippen LogP contribution in [0.1, 0.15) is 90.9 Å². The van der Waals surface area contributed by atoms with Crippen molar-refractivity contribution >= 4 is 0 Å². The van der Waals surface area contributed by atoms with Gasteiger partial charge in [-0.15, -0.1) is 0 Å². The average Bonchev–Trinajstić information content (AvgIpc) is 2.39. The van der Waals surface area contributed by atoms with Crippen molar-refractivity contribution in [2.45, 2.75) is 90.9 Å². The van der Waals surface area contributed by atoms with E-state index in [-0.39, 0.29) is 0 Å². The first-order valence-electron chi connectivity index (χ1n) is 8.30. The second kappa shape index (κ2) is 15.0. The van der Waals surface area contributed by atoms with E-state index in [1.165, 1.54) is 77.0 Å². The fourth-order valence-electron chi connectivity index (χ4n) is 2.31. The Kier molecular flexibility index (Phi) is 14.9. The molecule has 0 aliphatic heterocycles. The van der Waals surface area contributed by atoms with Crippen LogP contribution in [0.3, 0.4) is 0 Å². The molecule has 2 heteroatoms. The number of unbranched alkanes of at least 4 members (excludes halogenated alkanes) is 11. The van der Waals surface area contributed by atoms with Gasteiger partial charge in [-0.1, -0.05) is 84.5 Å². The molecule has 0 aliphatic rings.